The van der Waals surface area contributed by atoms with Gasteiger partial charge in [-0.1, -0.05) is 13.8 Å². The van der Waals surface area contributed by atoms with Gasteiger partial charge in [-0.05, 0) is 49.4 Å². The van der Waals surface area contributed by atoms with Crippen molar-refractivity contribution in [2.45, 2.75) is 76.9 Å². The van der Waals surface area contributed by atoms with Gasteiger partial charge in [-0.15, -0.1) is 0 Å². The van der Waals surface area contributed by atoms with Crippen LogP contribution in [0.4, 0.5) is 8.78 Å². The minimum atomic E-state index is -2.90. The van der Waals surface area contributed by atoms with Gasteiger partial charge in [0.05, 0.1) is 12.2 Å². The largest absolute Gasteiger partial charge is 0.393 e. The molecule has 0 amide bonds. The Kier molecular flexibility index (Phi) is 3.52. The number of fused-ring (bicyclic) bond motifs is 5. The van der Waals surface area contributed by atoms with E-state index in [9.17, 15) is 23.8 Å². The van der Waals surface area contributed by atoms with Gasteiger partial charge in [-0.25, -0.2) is 8.78 Å². The number of aliphatic hydroxyl groups is 2. The van der Waals surface area contributed by atoms with Gasteiger partial charge >= 0.3 is 0 Å². The third-order valence-corrected chi connectivity index (χ3v) is 8.45. The van der Waals surface area contributed by atoms with E-state index < -0.39 is 35.9 Å². The molecule has 4 saturated carbocycles. The topological polar surface area (TPSA) is 57.5 Å². The number of halogens is 2. The maximum Gasteiger partial charge on any atom is 0.251 e. The number of hydrogen-bond acceptors (Lipinski definition) is 3. The minimum absolute atomic E-state index is 0.126. The zero-order valence-corrected chi connectivity index (χ0v) is 14.5. The molecule has 0 aromatic rings. The van der Waals surface area contributed by atoms with Crippen LogP contribution in [0.3, 0.4) is 0 Å². The average Bonchev–Trinajstić information content (AvgIpc) is 2.78. The lowest BCUT2D eigenvalue weighted by atomic mass is 9.43. The highest BCUT2D eigenvalue weighted by Gasteiger charge is 2.66. The first-order valence-electron chi connectivity index (χ1n) is 9.37. The molecular formula is C19H28F2O3. The number of aliphatic hydroxyl groups excluding tert-OH is 2. The highest BCUT2D eigenvalue weighted by atomic mass is 19.3. The van der Waals surface area contributed by atoms with Crippen LogP contribution in [-0.2, 0) is 4.79 Å². The molecule has 24 heavy (non-hydrogen) atoms. The zero-order chi connectivity index (χ0) is 17.5. The van der Waals surface area contributed by atoms with Crippen molar-refractivity contribution in [3.8, 4) is 0 Å². The molecule has 0 saturated heterocycles. The third-order valence-electron chi connectivity index (χ3n) is 8.45. The van der Waals surface area contributed by atoms with Crippen LogP contribution in [0.2, 0.25) is 0 Å². The maximum atomic E-state index is 14.0. The van der Waals surface area contributed by atoms with Gasteiger partial charge < -0.3 is 10.2 Å². The molecule has 4 aliphatic carbocycles. The summed E-state index contributed by atoms with van der Waals surface area (Å²) < 4.78 is 28.0. The normalized spacial score (nSPS) is 56.3. The number of rotatable bonds is 0. The summed E-state index contributed by atoms with van der Waals surface area (Å²) in [5.74, 6) is -2.62. The van der Waals surface area contributed by atoms with Crippen molar-refractivity contribution in [2.75, 3.05) is 0 Å². The molecular weight excluding hydrogens is 314 g/mol. The molecule has 5 heteroatoms. The van der Waals surface area contributed by atoms with Crippen molar-refractivity contribution in [1.29, 1.82) is 0 Å². The van der Waals surface area contributed by atoms with Gasteiger partial charge in [0.1, 0.15) is 5.78 Å². The molecule has 0 spiro atoms. The van der Waals surface area contributed by atoms with Crippen LogP contribution in [0.1, 0.15) is 58.8 Å². The lowest BCUT2D eigenvalue weighted by Crippen LogP contribution is -2.63. The fraction of sp³-hybridized carbons (Fsp3) is 0.947. The van der Waals surface area contributed by atoms with Gasteiger partial charge in [0.2, 0.25) is 0 Å². The molecule has 136 valence electrons. The fourth-order valence-electron chi connectivity index (χ4n) is 7.05. The van der Waals surface area contributed by atoms with Crippen LogP contribution in [0.25, 0.3) is 0 Å². The number of hydrogen-bond donors (Lipinski definition) is 2. The van der Waals surface area contributed by atoms with E-state index in [1.807, 2.05) is 6.92 Å². The number of alkyl halides is 2. The molecule has 2 N–H and O–H groups in total. The van der Waals surface area contributed by atoms with E-state index in [4.69, 9.17) is 0 Å². The molecule has 0 unspecified atom stereocenters. The molecule has 0 aromatic carbocycles. The minimum Gasteiger partial charge on any atom is -0.393 e. The number of ketones is 1. The first-order valence-corrected chi connectivity index (χ1v) is 9.37. The van der Waals surface area contributed by atoms with E-state index >= 15 is 0 Å². The highest BCUT2D eigenvalue weighted by Crippen LogP contribution is 2.66. The van der Waals surface area contributed by atoms with Crippen molar-refractivity contribution in [2.24, 2.45) is 34.5 Å². The molecule has 0 heterocycles. The van der Waals surface area contributed by atoms with Gasteiger partial charge in [-0.2, -0.15) is 0 Å². The Labute approximate surface area is 141 Å². The number of carbonyl (C=O) groups excluding carboxylic acids is 1. The third kappa shape index (κ3) is 2.03. The molecule has 0 bridgehead atoms. The van der Waals surface area contributed by atoms with Crippen LogP contribution < -0.4 is 0 Å². The Bertz CT molecular complexity index is 565. The van der Waals surface area contributed by atoms with Crippen LogP contribution in [0, 0.1) is 34.5 Å². The summed E-state index contributed by atoms with van der Waals surface area (Å²) in [6, 6.07) is 0. The quantitative estimate of drug-likeness (QED) is 0.711. The van der Waals surface area contributed by atoms with E-state index in [0.717, 1.165) is 19.3 Å². The van der Waals surface area contributed by atoms with Crippen LogP contribution >= 0.6 is 0 Å². The summed E-state index contributed by atoms with van der Waals surface area (Å²) in [6.07, 6.45) is 0.803. The first-order chi connectivity index (χ1) is 11.1. The van der Waals surface area contributed by atoms with Gasteiger partial charge in [0.15, 0.2) is 0 Å². The average molecular weight is 342 g/mol. The van der Waals surface area contributed by atoms with Crippen LogP contribution in [0.5, 0.6) is 0 Å². The molecule has 0 aliphatic heterocycles. The predicted octanol–water partition coefficient (Wildman–Crippen LogP) is 3.18. The van der Waals surface area contributed by atoms with Crippen LogP contribution in [0.15, 0.2) is 0 Å². The Hall–Kier alpha value is -0.550. The summed E-state index contributed by atoms with van der Waals surface area (Å²) in [7, 11) is 0. The van der Waals surface area contributed by atoms with Crippen LogP contribution in [-0.4, -0.2) is 34.1 Å². The summed E-state index contributed by atoms with van der Waals surface area (Å²) in [6.45, 7) is 3.96. The monoisotopic (exact) mass is 342 g/mol. The fourth-order valence-corrected chi connectivity index (χ4v) is 7.05. The van der Waals surface area contributed by atoms with Gasteiger partial charge in [-0.3, -0.25) is 4.79 Å². The lowest BCUT2D eigenvalue weighted by molar-refractivity contribution is -0.239. The van der Waals surface area contributed by atoms with E-state index in [0.29, 0.717) is 18.6 Å². The standard InChI is InChI=1S/C19H28F2O3/c1-17-6-5-12-10(11(17)3-4-15(17)23)7-14(22)13-8-19(20,21)9-16(24)18(12,13)2/h10-14,16,22,24H,3-9H2,1-2H3/t10-,11-,12-,13+,14-,16+,17-,18+/m0/s1. The summed E-state index contributed by atoms with van der Waals surface area (Å²) in [5, 5.41) is 21.4. The number of carbonyl (C=O) groups is 1. The summed E-state index contributed by atoms with van der Waals surface area (Å²) in [5.41, 5.74) is -0.982. The summed E-state index contributed by atoms with van der Waals surface area (Å²) >= 11 is 0. The molecule has 8 atom stereocenters. The Morgan fingerprint density at radius 1 is 1.04 bits per heavy atom. The second-order valence-corrected chi connectivity index (χ2v) is 9.35. The van der Waals surface area contributed by atoms with Crippen molar-refractivity contribution in [3.05, 3.63) is 0 Å². The van der Waals surface area contributed by atoms with E-state index in [2.05, 4.69) is 6.92 Å². The zero-order valence-electron chi connectivity index (χ0n) is 14.5. The molecule has 4 aliphatic rings. The second-order valence-electron chi connectivity index (χ2n) is 9.35. The Morgan fingerprint density at radius 2 is 1.75 bits per heavy atom. The smallest absolute Gasteiger partial charge is 0.251 e. The molecule has 4 rings (SSSR count). The van der Waals surface area contributed by atoms with E-state index in [-0.39, 0.29) is 29.6 Å². The van der Waals surface area contributed by atoms with Gasteiger partial charge in [0, 0.05) is 30.1 Å². The van der Waals surface area contributed by atoms with E-state index in [1.165, 1.54) is 0 Å². The number of Topliss-reactive ketones (excluding diaryl/α,β-unsaturated/α-hetero) is 1. The van der Waals surface area contributed by atoms with Gasteiger partial charge in [0.25, 0.3) is 5.92 Å². The van der Waals surface area contributed by atoms with E-state index in [1.54, 1.807) is 0 Å². The van der Waals surface area contributed by atoms with Crippen molar-refractivity contribution < 1.29 is 23.8 Å². The first kappa shape index (κ1) is 16.9. The molecule has 3 nitrogen and oxygen atoms in total. The van der Waals surface area contributed by atoms with Crippen molar-refractivity contribution in [1.82, 2.24) is 0 Å². The van der Waals surface area contributed by atoms with Crippen molar-refractivity contribution >= 4 is 5.78 Å². The SMILES string of the molecule is C[C@]12[C@H](O)CC(F)(F)C[C@@H]1[C@@H](O)C[C@@H]1[C@@H]2CC[C@]2(C)C(=O)CC[C@@H]12. The predicted molar refractivity (Wildman–Crippen MR) is 84.5 cm³/mol. The Morgan fingerprint density at radius 3 is 2.46 bits per heavy atom. The molecule has 4 fully saturated rings. The van der Waals surface area contributed by atoms with Crippen molar-refractivity contribution in [3.63, 3.8) is 0 Å². The second kappa shape index (κ2) is 5.00. The lowest BCUT2D eigenvalue weighted by Gasteiger charge is -2.62. The summed E-state index contributed by atoms with van der Waals surface area (Å²) in [4.78, 5) is 12.4. The Balaban J connectivity index is 1.72. The molecule has 0 aromatic heterocycles. The maximum absolute atomic E-state index is 14.0. The highest BCUT2D eigenvalue weighted by molar-refractivity contribution is 5.87. The molecule has 0 radical (unpaired) electrons.